The topological polar surface area (TPSA) is 12.0 Å². The molecule has 1 N–H and O–H groups in total. The third kappa shape index (κ3) is 3.34. The minimum Gasteiger partial charge on any atom is -0.316 e. The Morgan fingerprint density at radius 3 is 2.48 bits per heavy atom. The average molecular weight is 285 g/mol. The fourth-order valence-electron chi connectivity index (χ4n) is 4.85. The largest absolute Gasteiger partial charge is 0.316 e. The maximum Gasteiger partial charge on any atom is -0.00151 e. The van der Waals surface area contributed by atoms with Crippen LogP contribution in [0, 0.1) is 17.3 Å². The van der Waals surface area contributed by atoms with Gasteiger partial charge in [-0.3, -0.25) is 0 Å². The maximum absolute atomic E-state index is 3.65. The van der Waals surface area contributed by atoms with Crippen LogP contribution in [0.4, 0.5) is 0 Å². The van der Waals surface area contributed by atoms with Crippen LogP contribution in [0.15, 0.2) is 30.3 Å². The summed E-state index contributed by atoms with van der Waals surface area (Å²) in [7, 11) is 0. The zero-order valence-corrected chi connectivity index (χ0v) is 13.8. The fraction of sp³-hybridized carbons (Fsp3) is 0.700. The quantitative estimate of drug-likeness (QED) is 0.825. The van der Waals surface area contributed by atoms with Gasteiger partial charge in [-0.1, -0.05) is 44.2 Å². The van der Waals surface area contributed by atoms with Gasteiger partial charge in [-0.2, -0.15) is 0 Å². The molecule has 1 aliphatic carbocycles. The van der Waals surface area contributed by atoms with E-state index in [-0.39, 0.29) is 0 Å². The van der Waals surface area contributed by atoms with Crippen LogP contribution in [-0.2, 0) is 0 Å². The first-order valence-electron chi connectivity index (χ1n) is 8.95. The SMILES string of the molecule is CC(C)CC1CNCCC12CCC(c1ccccc1)CC2. The van der Waals surface area contributed by atoms with E-state index in [9.17, 15) is 0 Å². The van der Waals surface area contributed by atoms with E-state index >= 15 is 0 Å². The molecule has 1 aliphatic heterocycles. The summed E-state index contributed by atoms with van der Waals surface area (Å²) in [5.74, 6) is 2.55. The normalized spacial score (nSPS) is 33.5. The first-order valence-corrected chi connectivity index (χ1v) is 8.95. The lowest BCUT2D eigenvalue weighted by atomic mass is 9.58. The van der Waals surface area contributed by atoms with Gasteiger partial charge in [0, 0.05) is 0 Å². The van der Waals surface area contributed by atoms with Crippen molar-refractivity contribution in [1.82, 2.24) is 5.32 Å². The van der Waals surface area contributed by atoms with Gasteiger partial charge in [0.2, 0.25) is 0 Å². The van der Waals surface area contributed by atoms with E-state index in [0.29, 0.717) is 5.41 Å². The van der Waals surface area contributed by atoms with Crippen molar-refractivity contribution in [2.24, 2.45) is 17.3 Å². The van der Waals surface area contributed by atoms with E-state index < -0.39 is 0 Å². The lowest BCUT2D eigenvalue weighted by Crippen LogP contribution is -2.47. The molecule has 1 atom stereocenters. The third-order valence-corrected chi connectivity index (χ3v) is 6.06. The Labute approximate surface area is 130 Å². The van der Waals surface area contributed by atoms with E-state index in [2.05, 4.69) is 49.5 Å². The molecule has 1 nitrogen and oxygen atoms in total. The summed E-state index contributed by atoms with van der Waals surface area (Å²) in [6, 6.07) is 11.2. The summed E-state index contributed by atoms with van der Waals surface area (Å²) < 4.78 is 0. The first kappa shape index (κ1) is 15.1. The van der Waals surface area contributed by atoms with Crippen LogP contribution in [0.2, 0.25) is 0 Å². The van der Waals surface area contributed by atoms with Gasteiger partial charge in [0.1, 0.15) is 0 Å². The van der Waals surface area contributed by atoms with Crippen molar-refractivity contribution in [2.45, 2.75) is 58.3 Å². The molecule has 2 fully saturated rings. The predicted molar refractivity (Wildman–Crippen MR) is 90.5 cm³/mol. The van der Waals surface area contributed by atoms with Gasteiger partial charge >= 0.3 is 0 Å². The number of benzene rings is 1. The molecule has 0 amide bonds. The van der Waals surface area contributed by atoms with E-state index in [1.54, 1.807) is 5.56 Å². The number of piperidine rings is 1. The van der Waals surface area contributed by atoms with Crippen molar-refractivity contribution in [2.75, 3.05) is 13.1 Å². The molecule has 0 bridgehead atoms. The third-order valence-electron chi connectivity index (χ3n) is 6.06. The molecule has 1 aromatic rings. The molecule has 1 spiro atoms. The van der Waals surface area contributed by atoms with E-state index in [1.807, 2.05) is 0 Å². The van der Waals surface area contributed by atoms with Gasteiger partial charge in [0.05, 0.1) is 0 Å². The maximum atomic E-state index is 3.65. The molecule has 1 unspecified atom stereocenters. The highest BCUT2D eigenvalue weighted by molar-refractivity contribution is 5.20. The van der Waals surface area contributed by atoms with E-state index in [1.165, 1.54) is 51.6 Å². The first-order chi connectivity index (χ1) is 10.2. The van der Waals surface area contributed by atoms with Crippen LogP contribution in [0.25, 0.3) is 0 Å². The van der Waals surface area contributed by atoms with Crippen LogP contribution < -0.4 is 5.32 Å². The van der Waals surface area contributed by atoms with Gasteiger partial charge < -0.3 is 5.32 Å². The van der Waals surface area contributed by atoms with Gasteiger partial charge in [0.15, 0.2) is 0 Å². The fourth-order valence-corrected chi connectivity index (χ4v) is 4.85. The number of nitrogens with one attached hydrogen (secondary N) is 1. The van der Waals surface area contributed by atoms with Crippen molar-refractivity contribution in [3.05, 3.63) is 35.9 Å². The molecule has 0 radical (unpaired) electrons. The minimum absolute atomic E-state index is 0.654. The van der Waals surface area contributed by atoms with Crippen molar-refractivity contribution < 1.29 is 0 Å². The second-order valence-corrected chi connectivity index (χ2v) is 7.83. The van der Waals surface area contributed by atoms with Crippen molar-refractivity contribution >= 4 is 0 Å². The average Bonchev–Trinajstić information content (AvgIpc) is 2.51. The summed E-state index contributed by atoms with van der Waals surface area (Å²) in [4.78, 5) is 0. The van der Waals surface area contributed by atoms with Crippen molar-refractivity contribution in [3.8, 4) is 0 Å². The van der Waals surface area contributed by atoms with Gasteiger partial charge in [0.25, 0.3) is 0 Å². The van der Waals surface area contributed by atoms with Crippen molar-refractivity contribution in [1.29, 1.82) is 0 Å². The second kappa shape index (κ2) is 6.52. The smallest absolute Gasteiger partial charge is 0.00151 e. The summed E-state index contributed by atoms with van der Waals surface area (Å²) in [6.45, 7) is 7.27. The highest BCUT2D eigenvalue weighted by Crippen LogP contribution is 2.51. The second-order valence-electron chi connectivity index (χ2n) is 7.83. The van der Waals surface area contributed by atoms with E-state index in [0.717, 1.165) is 17.8 Å². The molecule has 1 aromatic carbocycles. The zero-order chi connectivity index (χ0) is 14.7. The van der Waals surface area contributed by atoms with Gasteiger partial charge in [-0.15, -0.1) is 0 Å². The Hall–Kier alpha value is -0.820. The van der Waals surface area contributed by atoms with Crippen LogP contribution in [0.5, 0.6) is 0 Å². The summed E-state index contributed by atoms with van der Waals surface area (Å²) in [6.07, 6.45) is 8.52. The summed E-state index contributed by atoms with van der Waals surface area (Å²) in [5, 5.41) is 3.65. The molecular weight excluding hydrogens is 254 g/mol. The molecule has 1 saturated carbocycles. The molecular formula is C20H31N. The Bertz CT molecular complexity index is 428. The molecule has 1 saturated heterocycles. The number of hydrogen-bond acceptors (Lipinski definition) is 1. The Morgan fingerprint density at radius 1 is 1.10 bits per heavy atom. The van der Waals surface area contributed by atoms with Gasteiger partial charge in [-0.25, -0.2) is 0 Å². The van der Waals surface area contributed by atoms with Crippen LogP contribution in [-0.4, -0.2) is 13.1 Å². The standard InChI is InChI=1S/C20H31N/c1-16(2)14-19-15-21-13-12-20(19)10-8-18(9-11-20)17-6-4-3-5-7-17/h3-7,16,18-19,21H,8-15H2,1-2H3. The molecule has 116 valence electrons. The molecule has 21 heavy (non-hydrogen) atoms. The Kier molecular flexibility index (Phi) is 4.69. The van der Waals surface area contributed by atoms with Gasteiger partial charge in [-0.05, 0) is 80.3 Å². The predicted octanol–water partition coefficient (Wildman–Crippen LogP) is 4.99. The Balaban J connectivity index is 1.67. The van der Waals surface area contributed by atoms with Crippen LogP contribution >= 0.6 is 0 Å². The monoisotopic (exact) mass is 285 g/mol. The summed E-state index contributed by atoms with van der Waals surface area (Å²) >= 11 is 0. The summed E-state index contributed by atoms with van der Waals surface area (Å²) in [5.41, 5.74) is 2.22. The molecule has 2 aliphatic rings. The highest BCUT2D eigenvalue weighted by atomic mass is 14.9. The molecule has 1 heteroatoms. The highest BCUT2D eigenvalue weighted by Gasteiger charge is 2.43. The molecule has 1 heterocycles. The van der Waals surface area contributed by atoms with Crippen LogP contribution in [0.1, 0.15) is 63.9 Å². The number of rotatable bonds is 3. The lowest BCUT2D eigenvalue weighted by Gasteiger charge is -2.49. The minimum atomic E-state index is 0.654. The van der Waals surface area contributed by atoms with Crippen molar-refractivity contribution in [3.63, 3.8) is 0 Å². The number of hydrogen-bond donors (Lipinski definition) is 1. The van der Waals surface area contributed by atoms with Crippen LogP contribution in [0.3, 0.4) is 0 Å². The lowest BCUT2D eigenvalue weighted by molar-refractivity contribution is 0.0400. The molecule has 3 rings (SSSR count). The zero-order valence-electron chi connectivity index (χ0n) is 13.8. The Morgan fingerprint density at radius 2 is 1.81 bits per heavy atom. The van der Waals surface area contributed by atoms with E-state index in [4.69, 9.17) is 0 Å². The molecule has 0 aromatic heterocycles.